The molecule has 0 aliphatic carbocycles. The lowest BCUT2D eigenvalue weighted by molar-refractivity contribution is -0.120. The highest BCUT2D eigenvalue weighted by Gasteiger charge is 2.07. The van der Waals surface area contributed by atoms with E-state index in [0.717, 1.165) is 35.7 Å². The van der Waals surface area contributed by atoms with Crippen LogP contribution in [0.1, 0.15) is 32.6 Å². The molecular weight excluding hydrogens is 222 g/mol. The van der Waals surface area contributed by atoms with Gasteiger partial charge in [0, 0.05) is 11.8 Å². The maximum absolute atomic E-state index is 11.8. The summed E-state index contributed by atoms with van der Waals surface area (Å²) in [7, 11) is 0. The fraction of sp³-hybridized carbons (Fsp3) is 0.312. The Morgan fingerprint density at radius 3 is 2.67 bits per heavy atom. The maximum atomic E-state index is 11.8. The monoisotopic (exact) mass is 240 g/mol. The van der Waals surface area contributed by atoms with Crippen LogP contribution in [0.15, 0.2) is 42.5 Å². The molecule has 0 fully saturated rings. The van der Waals surface area contributed by atoms with E-state index in [1.807, 2.05) is 42.5 Å². The lowest BCUT2D eigenvalue weighted by atomic mass is 10.1. The fourth-order valence-corrected chi connectivity index (χ4v) is 2.02. The summed E-state index contributed by atoms with van der Waals surface area (Å²) < 4.78 is 0. The molecule has 0 aromatic heterocycles. The lowest BCUT2D eigenvalue weighted by Gasteiger charge is -2.05. The normalized spacial score (nSPS) is 10.5. The van der Waals surface area contributed by atoms with E-state index in [1.54, 1.807) is 0 Å². The molecule has 0 saturated heterocycles. The van der Waals surface area contributed by atoms with Gasteiger partial charge in [0.25, 0.3) is 0 Å². The first-order valence-corrected chi connectivity index (χ1v) is 6.53. The molecule has 0 spiro atoms. The summed E-state index contributed by atoms with van der Waals surface area (Å²) in [6.07, 6.45) is 3.71. The number of unbranched alkanes of at least 4 members (excludes halogenated alkanes) is 2. The zero-order valence-corrected chi connectivity index (χ0v) is 10.7. The number of hydrogen-bond donors (Lipinski definition) is 0. The second-order valence-corrected chi connectivity index (χ2v) is 4.46. The molecule has 18 heavy (non-hydrogen) atoms. The molecule has 0 unspecified atom stereocenters. The van der Waals surface area contributed by atoms with Crippen LogP contribution in [0.4, 0.5) is 5.69 Å². The minimum absolute atomic E-state index is 0.0141. The van der Waals surface area contributed by atoms with Crippen LogP contribution >= 0.6 is 0 Å². The molecule has 1 amide bonds. The second-order valence-electron chi connectivity index (χ2n) is 4.46. The Kier molecular flexibility index (Phi) is 4.35. The predicted molar refractivity (Wildman–Crippen MR) is 74.9 cm³/mol. The Bertz CT molecular complexity index is 528. The highest BCUT2D eigenvalue weighted by Crippen LogP contribution is 2.23. The smallest absolute Gasteiger partial charge is 0.246 e. The molecule has 2 heteroatoms. The van der Waals surface area contributed by atoms with Crippen molar-refractivity contribution in [3.05, 3.63) is 42.5 Å². The number of carbonyl (C=O) groups is 1. The zero-order chi connectivity index (χ0) is 12.8. The van der Waals surface area contributed by atoms with Gasteiger partial charge in [0.2, 0.25) is 5.91 Å². The SMILES string of the molecule is CCCCCC(=O)[N]c1cccc2ccccc12. The lowest BCUT2D eigenvalue weighted by Crippen LogP contribution is -2.10. The minimum Gasteiger partial charge on any atom is -0.273 e. The van der Waals surface area contributed by atoms with E-state index >= 15 is 0 Å². The van der Waals surface area contributed by atoms with E-state index < -0.39 is 0 Å². The van der Waals surface area contributed by atoms with E-state index in [4.69, 9.17) is 0 Å². The van der Waals surface area contributed by atoms with Crippen molar-refractivity contribution in [1.29, 1.82) is 0 Å². The molecule has 0 bridgehead atoms. The van der Waals surface area contributed by atoms with E-state index in [-0.39, 0.29) is 5.91 Å². The Labute approximate surface area is 108 Å². The first kappa shape index (κ1) is 12.6. The molecule has 0 aliphatic heterocycles. The van der Waals surface area contributed by atoms with Crippen molar-refractivity contribution in [2.75, 3.05) is 0 Å². The maximum Gasteiger partial charge on any atom is 0.246 e. The van der Waals surface area contributed by atoms with Gasteiger partial charge in [-0.2, -0.15) is 0 Å². The van der Waals surface area contributed by atoms with Crippen LogP contribution in [0.5, 0.6) is 0 Å². The first-order chi connectivity index (χ1) is 8.81. The molecule has 93 valence electrons. The third-order valence-electron chi connectivity index (χ3n) is 3.01. The fourth-order valence-electron chi connectivity index (χ4n) is 2.02. The molecule has 2 nitrogen and oxygen atoms in total. The number of benzene rings is 2. The van der Waals surface area contributed by atoms with E-state index in [2.05, 4.69) is 12.2 Å². The van der Waals surface area contributed by atoms with Crippen molar-refractivity contribution in [2.24, 2.45) is 0 Å². The molecule has 2 aromatic carbocycles. The Hall–Kier alpha value is -1.83. The van der Waals surface area contributed by atoms with Crippen LogP contribution < -0.4 is 5.32 Å². The summed E-state index contributed by atoms with van der Waals surface area (Å²) in [6, 6.07) is 13.9. The van der Waals surface area contributed by atoms with Gasteiger partial charge in [-0.05, 0) is 17.9 Å². The first-order valence-electron chi connectivity index (χ1n) is 6.53. The quantitative estimate of drug-likeness (QED) is 0.721. The van der Waals surface area contributed by atoms with Gasteiger partial charge in [-0.1, -0.05) is 56.2 Å². The standard InChI is InChI=1S/C16H18NO/c1-2-3-4-12-16(18)17-15-11-7-9-13-8-5-6-10-14(13)15/h5-11H,2-4,12H2,1H3. The Morgan fingerprint density at radius 2 is 1.83 bits per heavy atom. The van der Waals surface area contributed by atoms with Crippen molar-refractivity contribution in [1.82, 2.24) is 5.32 Å². The van der Waals surface area contributed by atoms with Crippen molar-refractivity contribution in [3.63, 3.8) is 0 Å². The van der Waals surface area contributed by atoms with Crippen LogP contribution in [0, 0.1) is 0 Å². The molecule has 0 heterocycles. The van der Waals surface area contributed by atoms with Crippen molar-refractivity contribution < 1.29 is 4.79 Å². The van der Waals surface area contributed by atoms with Gasteiger partial charge in [-0.25, -0.2) is 5.32 Å². The third-order valence-corrected chi connectivity index (χ3v) is 3.01. The van der Waals surface area contributed by atoms with Gasteiger partial charge in [0.05, 0.1) is 5.69 Å². The van der Waals surface area contributed by atoms with E-state index in [0.29, 0.717) is 6.42 Å². The molecular formula is C16H18NO. The third kappa shape index (κ3) is 3.10. The van der Waals surface area contributed by atoms with Crippen LogP contribution in [-0.2, 0) is 4.79 Å². The number of fused-ring (bicyclic) bond motifs is 1. The van der Waals surface area contributed by atoms with Gasteiger partial charge in [-0.3, -0.25) is 4.79 Å². The largest absolute Gasteiger partial charge is 0.273 e. The summed E-state index contributed by atoms with van der Waals surface area (Å²) in [5.41, 5.74) is 0.787. The number of rotatable bonds is 5. The van der Waals surface area contributed by atoms with Gasteiger partial charge >= 0.3 is 0 Å². The zero-order valence-electron chi connectivity index (χ0n) is 10.7. The molecule has 2 aromatic rings. The average molecular weight is 240 g/mol. The topological polar surface area (TPSA) is 31.2 Å². The number of nitrogens with zero attached hydrogens (tertiary/aromatic N) is 1. The molecule has 1 radical (unpaired) electrons. The van der Waals surface area contributed by atoms with E-state index in [1.165, 1.54) is 0 Å². The van der Waals surface area contributed by atoms with Crippen LogP contribution in [0.3, 0.4) is 0 Å². The number of carbonyl (C=O) groups excluding carboxylic acids is 1. The molecule has 0 atom stereocenters. The predicted octanol–water partition coefficient (Wildman–Crippen LogP) is 4.18. The summed E-state index contributed by atoms with van der Waals surface area (Å²) in [5.74, 6) is -0.0141. The van der Waals surface area contributed by atoms with Gasteiger partial charge in [0.1, 0.15) is 0 Å². The average Bonchev–Trinajstić information content (AvgIpc) is 2.39. The molecule has 0 aliphatic rings. The summed E-state index contributed by atoms with van der Waals surface area (Å²) in [6.45, 7) is 2.13. The molecule has 2 rings (SSSR count). The Balaban J connectivity index is 2.09. The summed E-state index contributed by atoms with van der Waals surface area (Å²) >= 11 is 0. The van der Waals surface area contributed by atoms with Gasteiger partial charge in [-0.15, -0.1) is 0 Å². The highest BCUT2D eigenvalue weighted by molar-refractivity contribution is 5.96. The highest BCUT2D eigenvalue weighted by atomic mass is 16.1. The number of hydrogen-bond acceptors (Lipinski definition) is 1. The van der Waals surface area contributed by atoms with Crippen molar-refractivity contribution in [3.8, 4) is 0 Å². The second kappa shape index (κ2) is 6.20. The van der Waals surface area contributed by atoms with Gasteiger partial charge in [0.15, 0.2) is 0 Å². The molecule has 0 N–H and O–H groups in total. The van der Waals surface area contributed by atoms with Crippen LogP contribution in [0.25, 0.3) is 10.8 Å². The summed E-state index contributed by atoms with van der Waals surface area (Å²) in [5, 5.41) is 6.39. The van der Waals surface area contributed by atoms with Gasteiger partial charge < -0.3 is 0 Å². The van der Waals surface area contributed by atoms with Crippen LogP contribution in [0.2, 0.25) is 0 Å². The van der Waals surface area contributed by atoms with Crippen molar-refractivity contribution in [2.45, 2.75) is 32.6 Å². The Morgan fingerprint density at radius 1 is 1.06 bits per heavy atom. The minimum atomic E-state index is -0.0141. The number of amides is 1. The van der Waals surface area contributed by atoms with E-state index in [9.17, 15) is 4.79 Å². The van der Waals surface area contributed by atoms with Crippen molar-refractivity contribution >= 4 is 22.4 Å². The summed E-state index contributed by atoms with van der Waals surface area (Å²) in [4.78, 5) is 11.8. The van der Waals surface area contributed by atoms with Crippen LogP contribution in [-0.4, -0.2) is 5.91 Å². The molecule has 0 saturated carbocycles.